The molecule has 0 amide bonds. The molecular weight excluding hydrogens is 402 g/mol. The van der Waals surface area contributed by atoms with Crippen molar-refractivity contribution in [2.45, 2.75) is 19.3 Å². The number of hydrogen-bond acceptors (Lipinski definition) is 5. The second-order valence-electron chi connectivity index (χ2n) is 7.27. The fraction of sp³-hybridized carbons (Fsp3) is 0.304. The van der Waals surface area contributed by atoms with Crippen molar-refractivity contribution < 1.29 is 9.47 Å². The summed E-state index contributed by atoms with van der Waals surface area (Å²) in [7, 11) is 3.06. The van der Waals surface area contributed by atoms with Gasteiger partial charge in [0.15, 0.2) is 17.3 Å². The predicted molar refractivity (Wildman–Crippen MR) is 122 cm³/mol. The van der Waals surface area contributed by atoms with Gasteiger partial charge >= 0.3 is 0 Å². The molecule has 1 fully saturated rings. The minimum atomic E-state index is -0.289. The summed E-state index contributed by atoms with van der Waals surface area (Å²) in [6.45, 7) is 2.21. The Morgan fingerprint density at radius 2 is 1.73 bits per heavy atom. The number of anilines is 1. The number of methoxy groups -OCH3 is 2. The number of fused-ring (bicyclic) bond motifs is 1. The molecule has 0 unspecified atom stereocenters. The first kappa shape index (κ1) is 20.3. The van der Waals surface area contributed by atoms with Crippen molar-refractivity contribution in [1.82, 2.24) is 9.97 Å². The second-order valence-corrected chi connectivity index (χ2v) is 7.68. The molecular formula is C23H24ClN3O3. The molecule has 7 heteroatoms. The van der Waals surface area contributed by atoms with Gasteiger partial charge in [0, 0.05) is 24.8 Å². The molecule has 1 saturated heterocycles. The number of piperidine rings is 1. The van der Waals surface area contributed by atoms with Crippen molar-refractivity contribution in [3.63, 3.8) is 0 Å². The van der Waals surface area contributed by atoms with Gasteiger partial charge in [-0.2, -0.15) is 0 Å². The molecule has 1 aliphatic heterocycles. The maximum atomic E-state index is 12.6. The number of benzene rings is 2. The molecule has 3 aromatic rings. The number of halogens is 1. The summed E-state index contributed by atoms with van der Waals surface area (Å²) in [4.78, 5) is 22.2. The molecule has 4 rings (SSSR count). The van der Waals surface area contributed by atoms with Crippen LogP contribution < -0.4 is 19.9 Å². The van der Waals surface area contributed by atoms with E-state index < -0.39 is 0 Å². The lowest BCUT2D eigenvalue weighted by atomic mass is 10.1. The third-order valence-electron chi connectivity index (χ3n) is 5.34. The van der Waals surface area contributed by atoms with E-state index >= 15 is 0 Å². The van der Waals surface area contributed by atoms with Crippen LogP contribution in [0.1, 0.15) is 30.7 Å². The Balaban J connectivity index is 1.64. The monoisotopic (exact) mass is 425 g/mol. The van der Waals surface area contributed by atoms with Crippen molar-refractivity contribution in [2.75, 3.05) is 32.2 Å². The average Bonchev–Trinajstić information content (AvgIpc) is 2.79. The van der Waals surface area contributed by atoms with E-state index in [0.29, 0.717) is 33.3 Å². The fourth-order valence-corrected chi connectivity index (χ4v) is 3.94. The van der Waals surface area contributed by atoms with Gasteiger partial charge in [0.25, 0.3) is 5.56 Å². The van der Waals surface area contributed by atoms with Gasteiger partial charge in [0.2, 0.25) is 0 Å². The van der Waals surface area contributed by atoms with Gasteiger partial charge < -0.3 is 19.4 Å². The number of ether oxygens (including phenoxy) is 2. The Labute approximate surface area is 180 Å². The smallest absolute Gasteiger partial charge is 0.259 e. The highest BCUT2D eigenvalue weighted by atomic mass is 35.5. The molecule has 0 spiro atoms. The molecule has 0 aliphatic carbocycles. The number of nitrogens with one attached hydrogen (secondary N) is 1. The van der Waals surface area contributed by atoms with E-state index in [1.54, 1.807) is 18.2 Å². The van der Waals surface area contributed by atoms with Crippen molar-refractivity contribution in [3.8, 4) is 11.5 Å². The molecule has 0 saturated carbocycles. The topological polar surface area (TPSA) is 67.5 Å². The summed E-state index contributed by atoms with van der Waals surface area (Å²) in [6, 6.07) is 11.5. The molecule has 0 atom stereocenters. The van der Waals surface area contributed by atoms with Gasteiger partial charge in [0.05, 0.1) is 30.2 Å². The van der Waals surface area contributed by atoms with Crippen molar-refractivity contribution in [3.05, 3.63) is 58.1 Å². The second kappa shape index (κ2) is 8.79. The van der Waals surface area contributed by atoms with Crippen molar-refractivity contribution >= 4 is 39.3 Å². The zero-order chi connectivity index (χ0) is 21.1. The van der Waals surface area contributed by atoms with Gasteiger partial charge in [-0.05, 0) is 49.1 Å². The number of hydrogen-bond donors (Lipinski definition) is 1. The Bertz CT molecular complexity index is 1130. The van der Waals surface area contributed by atoms with Crippen LogP contribution in [-0.2, 0) is 0 Å². The molecule has 0 bridgehead atoms. The zero-order valence-electron chi connectivity index (χ0n) is 17.1. The lowest BCUT2D eigenvalue weighted by molar-refractivity contribution is 0.355. The van der Waals surface area contributed by atoms with Crippen LogP contribution in [0.2, 0.25) is 0 Å². The van der Waals surface area contributed by atoms with E-state index in [0.717, 1.165) is 18.7 Å². The Morgan fingerprint density at radius 3 is 2.40 bits per heavy atom. The zero-order valence-corrected chi connectivity index (χ0v) is 17.8. The number of rotatable bonds is 5. The van der Waals surface area contributed by atoms with Gasteiger partial charge in [-0.1, -0.05) is 23.7 Å². The van der Waals surface area contributed by atoms with Gasteiger partial charge in [-0.25, -0.2) is 4.98 Å². The van der Waals surface area contributed by atoms with Gasteiger partial charge in [-0.3, -0.25) is 4.79 Å². The van der Waals surface area contributed by atoms with Crippen LogP contribution in [0.3, 0.4) is 0 Å². The molecule has 156 valence electrons. The summed E-state index contributed by atoms with van der Waals surface area (Å²) in [6.07, 6.45) is 5.59. The first-order valence-electron chi connectivity index (χ1n) is 9.97. The molecule has 6 nitrogen and oxygen atoms in total. The highest BCUT2D eigenvalue weighted by molar-refractivity contribution is 6.50. The summed E-state index contributed by atoms with van der Waals surface area (Å²) in [5, 5.41) is 0.765. The number of nitrogens with zero attached hydrogens (tertiary/aromatic N) is 2. The molecule has 30 heavy (non-hydrogen) atoms. The number of aromatic nitrogens is 2. The number of H-pyrrole nitrogens is 1. The van der Waals surface area contributed by atoms with Crippen LogP contribution >= 0.6 is 11.6 Å². The standard InChI is InChI=1S/C23H24ClN3O3/c1-29-20-13-17-19(14-21(20)30-2)25-22(26-23(17)28)18(24)12-15-6-8-16(9-7-15)27-10-4-3-5-11-27/h6-9,12-14H,3-5,10-11H2,1-2H3,(H,25,26,28). The average molecular weight is 426 g/mol. The first-order chi connectivity index (χ1) is 14.6. The van der Waals surface area contributed by atoms with Crippen molar-refractivity contribution in [2.24, 2.45) is 0 Å². The van der Waals surface area contributed by atoms with E-state index in [2.05, 4.69) is 27.0 Å². The highest BCUT2D eigenvalue weighted by Crippen LogP contribution is 2.31. The van der Waals surface area contributed by atoms with E-state index in [4.69, 9.17) is 21.1 Å². The normalized spacial score (nSPS) is 14.8. The van der Waals surface area contributed by atoms with Crippen LogP contribution in [0.4, 0.5) is 5.69 Å². The molecule has 2 aromatic carbocycles. The molecule has 1 N–H and O–H groups in total. The van der Waals surface area contributed by atoms with Crippen LogP contribution in [0.25, 0.3) is 22.0 Å². The molecule has 0 radical (unpaired) electrons. The maximum Gasteiger partial charge on any atom is 0.259 e. The third-order valence-corrected chi connectivity index (χ3v) is 5.63. The molecule has 2 heterocycles. The van der Waals surface area contributed by atoms with Crippen LogP contribution in [0, 0.1) is 0 Å². The Morgan fingerprint density at radius 1 is 1.07 bits per heavy atom. The van der Waals surface area contributed by atoms with Crippen LogP contribution in [0.5, 0.6) is 11.5 Å². The van der Waals surface area contributed by atoms with Crippen LogP contribution in [-0.4, -0.2) is 37.3 Å². The van der Waals surface area contributed by atoms with E-state index in [-0.39, 0.29) is 5.56 Å². The lowest BCUT2D eigenvalue weighted by Crippen LogP contribution is -2.29. The quantitative estimate of drug-likeness (QED) is 0.643. The Hall–Kier alpha value is -2.99. The largest absolute Gasteiger partial charge is 0.493 e. The van der Waals surface area contributed by atoms with Gasteiger partial charge in [0.1, 0.15) is 0 Å². The van der Waals surface area contributed by atoms with E-state index in [1.807, 2.05) is 12.1 Å². The third kappa shape index (κ3) is 4.14. The lowest BCUT2D eigenvalue weighted by Gasteiger charge is -2.28. The molecule has 1 aromatic heterocycles. The van der Waals surface area contributed by atoms with E-state index in [9.17, 15) is 4.79 Å². The summed E-state index contributed by atoms with van der Waals surface area (Å²) >= 11 is 6.50. The maximum absolute atomic E-state index is 12.6. The van der Waals surface area contributed by atoms with Gasteiger partial charge in [-0.15, -0.1) is 0 Å². The van der Waals surface area contributed by atoms with Crippen molar-refractivity contribution in [1.29, 1.82) is 0 Å². The molecule has 1 aliphatic rings. The minimum absolute atomic E-state index is 0.289. The SMILES string of the molecule is COc1cc2nc(C(Cl)=Cc3ccc(N4CCCCC4)cc3)[nH]c(=O)c2cc1OC. The Kier molecular flexibility index (Phi) is 5.95. The minimum Gasteiger partial charge on any atom is -0.493 e. The number of aromatic amines is 1. The predicted octanol–water partition coefficient (Wildman–Crippen LogP) is 4.67. The highest BCUT2D eigenvalue weighted by Gasteiger charge is 2.13. The summed E-state index contributed by atoms with van der Waals surface area (Å²) in [5.41, 5.74) is 2.36. The first-order valence-corrected chi connectivity index (χ1v) is 10.4. The fourth-order valence-electron chi connectivity index (χ4n) is 3.73. The summed E-state index contributed by atoms with van der Waals surface area (Å²) < 4.78 is 10.6. The summed E-state index contributed by atoms with van der Waals surface area (Å²) in [5.74, 6) is 1.28. The van der Waals surface area contributed by atoms with E-state index in [1.165, 1.54) is 39.2 Å². The van der Waals surface area contributed by atoms with Crippen LogP contribution in [0.15, 0.2) is 41.2 Å².